The molecule has 0 aromatic heterocycles. The molecule has 0 bridgehead atoms. The van der Waals surface area contributed by atoms with E-state index in [1.807, 2.05) is 0 Å². The summed E-state index contributed by atoms with van der Waals surface area (Å²) in [6.45, 7) is 2.20. The second-order valence-corrected chi connectivity index (χ2v) is 9.61. The van der Waals surface area contributed by atoms with Crippen LogP contribution < -0.4 is 4.74 Å². The molecule has 1 aliphatic heterocycles. The highest BCUT2D eigenvalue weighted by Gasteiger charge is 2.32. The van der Waals surface area contributed by atoms with Crippen LogP contribution in [-0.2, 0) is 9.53 Å². The maximum Gasteiger partial charge on any atom is 0.314 e. The number of halogens is 3. The highest BCUT2D eigenvalue weighted by atomic mass is 19.2. The van der Waals surface area contributed by atoms with Gasteiger partial charge in [-0.3, -0.25) is 4.79 Å². The second-order valence-electron chi connectivity index (χ2n) is 9.61. The van der Waals surface area contributed by atoms with E-state index in [4.69, 9.17) is 9.47 Å². The number of carbonyl (C=O) groups excluding carboxylic acids is 1. The average molecular weight is 497 g/mol. The first kappa shape index (κ1) is 24.5. The Morgan fingerprint density at radius 1 is 0.972 bits per heavy atom. The second kappa shape index (κ2) is 10.1. The molecule has 1 saturated heterocycles. The third kappa shape index (κ3) is 5.04. The van der Waals surface area contributed by atoms with Crippen LogP contribution >= 0.6 is 0 Å². The number of ether oxygens (including phenoxy) is 2. The number of carbonyl (C=O) groups is 1. The summed E-state index contributed by atoms with van der Waals surface area (Å²) in [4.78, 5) is 12.6. The number of hydrogen-bond donors (Lipinski definition) is 1. The van der Waals surface area contributed by atoms with Gasteiger partial charge in [0.05, 0.1) is 18.6 Å². The Hall–Kier alpha value is -3.16. The van der Waals surface area contributed by atoms with Crippen molar-refractivity contribution < 1.29 is 32.5 Å². The third-order valence-electron chi connectivity index (χ3n) is 7.19. The van der Waals surface area contributed by atoms with Crippen LogP contribution in [0.1, 0.15) is 67.4 Å². The van der Waals surface area contributed by atoms with Crippen LogP contribution in [-0.4, -0.2) is 17.7 Å². The summed E-state index contributed by atoms with van der Waals surface area (Å²) in [5.41, 5.74) is 2.39. The number of esters is 1. The molecule has 1 N–H and O–H groups in total. The van der Waals surface area contributed by atoms with E-state index < -0.39 is 35.4 Å². The Labute approximate surface area is 207 Å². The van der Waals surface area contributed by atoms with Crippen LogP contribution in [0.4, 0.5) is 13.2 Å². The van der Waals surface area contributed by atoms with E-state index in [-0.39, 0.29) is 23.3 Å². The van der Waals surface area contributed by atoms with Crippen molar-refractivity contribution in [3.05, 3.63) is 88.7 Å². The fourth-order valence-corrected chi connectivity index (χ4v) is 4.92. The molecule has 0 spiro atoms. The van der Waals surface area contributed by atoms with Gasteiger partial charge in [-0.1, -0.05) is 42.5 Å². The van der Waals surface area contributed by atoms with Crippen LogP contribution in [0, 0.1) is 23.4 Å². The van der Waals surface area contributed by atoms with Crippen molar-refractivity contribution >= 4 is 5.97 Å². The van der Waals surface area contributed by atoms with Crippen molar-refractivity contribution in [2.75, 3.05) is 6.61 Å². The molecule has 3 aromatic rings. The lowest BCUT2D eigenvalue weighted by molar-refractivity contribution is -0.140. The smallest absolute Gasteiger partial charge is 0.314 e. The van der Waals surface area contributed by atoms with Crippen LogP contribution in [0.3, 0.4) is 0 Å². The molecule has 1 aliphatic carbocycles. The summed E-state index contributed by atoms with van der Waals surface area (Å²) >= 11 is 0. The molecule has 188 valence electrons. The van der Waals surface area contributed by atoms with Crippen molar-refractivity contribution in [2.45, 2.75) is 50.7 Å². The van der Waals surface area contributed by atoms with Gasteiger partial charge in [0.2, 0.25) is 0 Å². The van der Waals surface area contributed by atoms with Gasteiger partial charge in [-0.25, -0.2) is 13.2 Å². The van der Waals surface area contributed by atoms with E-state index >= 15 is 4.39 Å². The highest BCUT2D eigenvalue weighted by Crippen LogP contribution is 2.40. The fourth-order valence-electron chi connectivity index (χ4n) is 4.92. The van der Waals surface area contributed by atoms with E-state index in [1.165, 1.54) is 12.1 Å². The topological polar surface area (TPSA) is 59.1 Å². The van der Waals surface area contributed by atoms with E-state index in [0.29, 0.717) is 54.5 Å². The summed E-state index contributed by atoms with van der Waals surface area (Å²) in [7, 11) is 0. The number of aliphatic hydroxyl groups is 1. The molecule has 5 rings (SSSR count). The number of epoxide rings is 1. The molecule has 1 heterocycles. The molecule has 36 heavy (non-hydrogen) atoms. The fraction of sp³-hybridized carbons (Fsp3) is 0.345. The normalized spacial score (nSPS) is 22.2. The molecule has 3 aromatic carbocycles. The summed E-state index contributed by atoms with van der Waals surface area (Å²) in [6.07, 6.45) is 1.16. The minimum absolute atomic E-state index is 0.0885. The van der Waals surface area contributed by atoms with Gasteiger partial charge in [0.15, 0.2) is 23.2 Å². The summed E-state index contributed by atoms with van der Waals surface area (Å²) < 4.78 is 54.8. The van der Waals surface area contributed by atoms with E-state index in [0.717, 1.165) is 0 Å². The van der Waals surface area contributed by atoms with Crippen LogP contribution in [0.5, 0.6) is 5.75 Å². The maximum absolute atomic E-state index is 15.1. The predicted molar refractivity (Wildman–Crippen MR) is 128 cm³/mol. The maximum atomic E-state index is 15.1. The molecular formula is C29H27F3O4. The molecule has 2 unspecified atom stereocenters. The molecule has 2 fully saturated rings. The van der Waals surface area contributed by atoms with Crippen LogP contribution in [0.15, 0.2) is 54.6 Å². The minimum atomic E-state index is -0.908. The Balaban J connectivity index is 1.22. The standard InChI is InChI=1S/C29H27F3O4/c1-16(33)17-2-4-18(5-3-17)22-11-12-23(28(32)27(22)31)19-6-8-20(9-7-19)29(34)36-25-13-10-21(14-24(25)30)26-15-35-26/h2-5,10-14,16,19-20,26,33H,6-9,15H2,1H3. The lowest BCUT2D eigenvalue weighted by Crippen LogP contribution is -2.25. The zero-order valence-corrected chi connectivity index (χ0v) is 19.8. The van der Waals surface area contributed by atoms with Gasteiger partial charge < -0.3 is 14.6 Å². The van der Waals surface area contributed by atoms with Gasteiger partial charge in [0.25, 0.3) is 0 Å². The molecule has 0 amide bonds. The SMILES string of the molecule is CC(O)c1ccc(-c2ccc(C3CCC(C(=O)Oc4ccc(C5CO5)cc4F)CC3)c(F)c2F)cc1. The number of rotatable bonds is 6. The van der Waals surface area contributed by atoms with Crippen molar-refractivity contribution in [3.8, 4) is 16.9 Å². The summed E-state index contributed by atoms with van der Waals surface area (Å²) in [5, 5.41) is 9.65. The van der Waals surface area contributed by atoms with Gasteiger partial charge >= 0.3 is 5.97 Å². The summed E-state index contributed by atoms with van der Waals surface area (Å²) in [6, 6.07) is 14.3. The van der Waals surface area contributed by atoms with Gasteiger partial charge in [-0.05, 0) is 72.9 Å². The predicted octanol–water partition coefficient (Wildman–Crippen LogP) is 6.77. The number of benzene rings is 3. The monoisotopic (exact) mass is 496 g/mol. The van der Waals surface area contributed by atoms with Crippen LogP contribution in [0.2, 0.25) is 0 Å². The molecule has 2 atom stereocenters. The zero-order chi connectivity index (χ0) is 25.4. The Kier molecular flexibility index (Phi) is 6.86. The van der Waals surface area contributed by atoms with Gasteiger partial charge in [-0.15, -0.1) is 0 Å². The van der Waals surface area contributed by atoms with Crippen LogP contribution in [0.25, 0.3) is 11.1 Å². The number of aliphatic hydroxyl groups excluding tert-OH is 1. The van der Waals surface area contributed by atoms with E-state index in [9.17, 15) is 18.7 Å². The zero-order valence-electron chi connectivity index (χ0n) is 19.8. The molecule has 7 heteroatoms. The van der Waals surface area contributed by atoms with E-state index in [2.05, 4.69) is 0 Å². The summed E-state index contributed by atoms with van der Waals surface area (Å²) in [5.74, 6) is -3.66. The third-order valence-corrected chi connectivity index (χ3v) is 7.19. The van der Waals surface area contributed by atoms with Crippen molar-refractivity contribution in [3.63, 3.8) is 0 Å². The Morgan fingerprint density at radius 3 is 2.28 bits per heavy atom. The average Bonchev–Trinajstić information content (AvgIpc) is 3.73. The van der Waals surface area contributed by atoms with Gasteiger partial charge in [0, 0.05) is 5.56 Å². The van der Waals surface area contributed by atoms with Gasteiger partial charge in [-0.2, -0.15) is 0 Å². The number of hydrogen-bond acceptors (Lipinski definition) is 4. The van der Waals surface area contributed by atoms with Gasteiger partial charge in [0.1, 0.15) is 6.10 Å². The van der Waals surface area contributed by atoms with Crippen molar-refractivity contribution in [2.24, 2.45) is 5.92 Å². The first-order chi connectivity index (χ1) is 17.3. The first-order valence-electron chi connectivity index (χ1n) is 12.2. The lowest BCUT2D eigenvalue weighted by atomic mass is 9.78. The largest absolute Gasteiger partial charge is 0.423 e. The Bertz CT molecular complexity index is 1260. The molecule has 4 nitrogen and oxygen atoms in total. The lowest BCUT2D eigenvalue weighted by Gasteiger charge is -2.28. The molecule has 1 saturated carbocycles. The highest BCUT2D eigenvalue weighted by molar-refractivity contribution is 5.75. The molecule has 2 aliphatic rings. The molecular weight excluding hydrogens is 469 g/mol. The van der Waals surface area contributed by atoms with Crippen molar-refractivity contribution in [1.82, 2.24) is 0 Å². The minimum Gasteiger partial charge on any atom is -0.423 e. The Morgan fingerprint density at radius 2 is 1.67 bits per heavy atom. The van der Waals surface area contributed by atoms with Crippen molar-refractivity contribution in [1.29, 1.82) is 0 Å². The van der Waals surface area contributed by atoms with E-state index in [1.54, 1.807) is 49.4 Å². The molecule has 0 radical (unpaired) electrons. The quantitative estimate of drug-likeness (QED) is 0.232. The first-order valence-corrected chi connectivity index (χ1v) is 12.2.